The first-order chi connectivity index (χ1) is 27.4. The van der Waals surface area contributed by atoms with Gasteiger partial charge >= 0.3 is 0 Å². The van der Waals surface area contributed by atoms with Crippen molar-refractivity contribution in [3.05, 3.63) is 153 Å². The minimum Gasteiger partial charge on any atom is -0.457 e. The van der Waals surface area contributed by atoms with E-state index < -0.39 is 0 Å². The lowest BCUT2D eigenvalue weighted by Crippen LogP contribution is -2.14. The van der Waals surface area contributed by atoms with E-state index in [4.69, 9.17) is 14.7 Å². The SMILES string of the molecule is CC(C)(C)c1ccnc2c1n(-c1ccccc1)c1nc(=O)c3ccc(Oc4ccc5c(=O)nc6n(-c7ccccc7)c7c(C(C)(C)C)ccnc7n6c5c4)cc3n21. The van der Waals surface area contributed by atoms with Crippen LogP contribution in [0.15, 0.2) is 131 Å². The van der Waals surface area contributed by atoms with Gasteiger partial charge in [0.15, 0.2) is 11.3 Å². The first kappa shape index (κ1) is 34.4. The van der Waals surface area contributed by atoms with E-state index in [0.29, 0.717) is 56.2 Å². The van der Waals surface area contributed by atoms with Crippen LogP contribution in [0.25, 0.3) is 67.1 Å². The molecule has 11 heteroatoms. The number of benzene rings is 4. The third-order valence-corrected chi connectivity index (χ3v) is 10.6. The Kier molecular flexibility index (Phi) is 7.34. The second-order valence-corrected chi connectivity index (χ2v) is 16.5. The molecule has 57 heavy (non-hydrogen) atoms. The van der Waals surface area contributed by atoms with Crippen molar-refractivity contribution in [1.29, 1.82) is 0 Å². The third kappa shape index (κ3) is 5.26. The number of ether oxygens (including phenoxy) is 1. The van der Waals surface area contributed by atoms with Crippen LogP contribution in [0.1, 0.15) is 52.7 Å². The minimum absolute atomic E-state index is 0.233. The third-order valence-electron chi connectivity index (χ3n) is 10.6. The molecule has 0 aliphatic rings. The monoisotopic (exact) mass is 750 g/mol. The molecular weight excluding hydrogens is 713 g/mol. The Balaban J connectivity index is 1.21. The van der Waals surface area contributed by atoms with Gasteiger partial charge in [0.25, 0.3) is 11.1 Å². The van der Waals surface area contributed by atoms with Crippen LogP contribution in [-0.2, 0) is 10.8 Å². The second kappa shape index (κ2) is 12.2. The molecule has 0 spiro atoms. The van der Waals surface area contributed by atoms with Crippen molar-refractivity contribution < 1.29 is 4.74 Å². The Morgan fingerprint density at radius 2 is 0.912 bits per heavy atom. The number of nitrogens with zero attached hydrogens (tertiary/aromatic N) is 8. The smallest absolute Gasteiger partial charge is 0.282 e. The molecule has 0 aliphatic heterocycles. The fraction of sp³-hybridized carbons (Fsp3) is 0.174. The summed E-state index contributed by atoms with van der Waals surface area (Å²) in [5.41, 5.74) is 7.00. The van der Waals surface area contributed by atoms with Crippen molar-refractivity contribution >= 4 is 55.7 Å². The van der Waals surface area contributed by atoms with Crippen LogP contribution in [0.4, 0.5) is 0 Å². The Bertz CT molecular complexity index is 3160. The highest BCUT2D eigenvalue weighted by atomic mass is 16.5. The summed E-state index contributed by atoms with van der Waals surface area (Å²) in [6, 6.07) is 34.6. The van der Waals surface area contributed by atoms with E-state index in [1.54, 1.807) is 24.3 Å². The van der Waals surface area contributed by atoms with Crippen LogP contribution in [0, 0.1) is 0 Å². The summed E-state index contributed by atoms with van der Waals surface area (Å²) in [5, 5.41) is 0.865. The van der Waals surface area contributed by atoms with Crippen molar-refractivity contribution in [2.45, 2.75) is 52.4 Å². The lowest BCUT2D eigenvalue weighted by Gasteiger charge is -2.21. The Morgan fingerprint density at radius 3 is 1.30 bits per heavy atom. The zero-order valence-corrected chi connectivity index (χ0v) is 32.3. The van der Waals surface area contributed by atoms with Crippen molar-refractivity contribution in [3.8, 4) is 22.9 Å². The lowest BCUT2D eigenvalue weighted by atomic mass is 9.87. The molecule has 0 aliphatic carbocycles. The fourth-order valence-electron chi connectivity index (χ4n) is 8.06. The molecule has 10 aromatic rings. The average molecular weight is 751 g/mol. The number of aromatic nitrogens is 8. The van der Waals surface area contributed by atoms with Crippen LogP contribution in [-0.4, -0.2) is 37.9 Å². The Labute approximate surface area is 326 Å². The van der Waals surface area contributed by atoms with Gasteiger partial charge in [-0.25, -0.2) is 9.97 Å². The molecular formula is C46H38N8O3. The van der Waals surface area contributed by atoms with Gasteiger partial charge in [0.2, 0.25) is 11.6 Å². The molecule has 0 atom stereocenters. The normalized spacial score (nSPS) is 12.5. The van der Waals surface area contributed by atoms with E-state index in [1.807, 2.05) is 115 Å². The predicted octanol–water partition coefficient (Wildman–Crippen LogP) is 9.07. The fourth-order valence-corrected chi connectivity index (χ4v) is 8.06. The van der Waals surface area contributed by atoms with Crippen molar-refractivity contribution in [2.24, 2.45) is 0 Å². The maximum absolute atomic E-state index is 13.8. The molecule has 0 saturated carbocycles. The molecule has 0 unspecified atom stereocenters. The number of imidazole rings is 2. The van der Waals surface area contributed by atoms with Gasteiger partial charge in [0.05, 0.1) is 32.8 Å². The van der Waals surface area contributed by atoms with E-state index in [2.05, 4.69) is 51.5 Å². The first-order valence-electron chi connectivity index (χ1n) is 18.9. The highest BCUT2D eigenvalue weighted by Crippen LogP contribution is 2.37. The van der Waals surface area contributed by atoms with Crippen molar-refractivity contribution in [2.75, 3.05) is 0 Å². The molecule has 0 radical (unpaired) electrons. The van der Waals surface area contributed by atoms with E-state index in [-0.39, 0.29) is 21.9 Å². The van der Waals surface area contributed by atoms with Gasteiger partial charge in [-0.15, -0.1) is 0 Å². The minimum atomic E-state index is -0.356. The quantitative estimate of drug-likeness (QED) is 0.176. The maximum atomic E-state index is 13.8. The van der Waals surface area contributed by atoms with Crippen LogP contribution in [0.3, 0.4) is 0 Å². The van der Waals surface area contributed by atoms with Crippen LogP contribution < -0.4 is 15.9 Å². The standard InChI is InChI=1S/C46H38N8O3/c1-45(2,3)33-21-23-47-39-37(33)51(27-13-9-7-10-14-27)43-49-41(55)31-19-17-29(25-35(31)53(39)43)57-30-18-20-32-36(26-30)54-40-38(34(22-24-48-40)46(4,5)6)52(44(54)50-42(32)56)28-15-11-8-12-16-28/h7-26H,1-6H3. The highest BCUT2D eigenvalue weighted by Gasteiger charge is 2.27. The van der Waals surface area contributed by atoms with Gasteiger partial charge in [0.1, 0.15) is 11.5 Å². The van der Waals surface area contributed by atoms with Crippen LogP contribution in [0.5, 0.6) is 11.5 Å². The van der Waals surface area contributed by atoms with E-state index in [9.17, 15) is 9.59 Å². The van der Waals surface area contributed by atoms with Gasteiger partial charge in [-0.05, 0) is 82.6 Å². The number of para-hydroxylation sites is 2. The molecule has 10 rings (SSSR count). The summed E-state index contributed by atoms with van der Waals surface area (Å²) in [5.74, 6) is 1.89. The number of hydrogen-bond donors (Lipinski definition) is 0. The maximum Gasteiger partial charge on any atom is 0.282 e. The molecule has 0 saturated heterocycles. The Morgan fingerprint density at radius 1 is 0.509 bits per heavy atom. The van der Waals surface area contributed by atoms with Gasteiger partial charge in [0, 0.05) is 35.9 Å². The summed E-state index contributed by atoms with van der Waals surface area (Å²) >= 11 is 0. The summed E-state index contributed by atoms with van der Waals surface area (Å²) in [4.78, 5) is 46.6. The molecule has 0 bridgehead atoms. The summed E-state index contributed by atoms with van der Waals surface area (Å²) < 4.78 is 14.5. The van der Waals surface area contributed by atoms with E-state index >= 15 is 0 Å². The van der Waals surface area contributed by atoms with Crippen molar-refractivity contribution in [3.63, 3.8) is 0 Å². The van der Waals surface area contributed by atoms with E-state index in [0.717, 1.165) is 33.5 Å². The van der Waals surface area contributed by atoms with Gasteiger partial charge in [-0.2, -0.15) is 9.97 Å². The molecule has 6 heterocycles. The zero-order valence-electron chi connectivity index (χ0n) is 32.3. The molecule has 0 fully saturated rings. The largest absolute Gasteiger partial charge is 0.457 e. The first-order valence-corrected chi connectivity index (χ1v) is 18.9. The summed E-state index contributed by atoms with van der Waals surface area (Å²) in [6.45, 7) is 13.0. The lowest BCUT2D eigenvalue weighted by molar-refractivity contribution is 0.484. The zero-order chi connectivity index (χ0) is 39.4. The molecule has 0 amide bonds. The number of fused-ring (bicyclic) bond motifs is 10. The summed E-state index contributed by atoms with van der Waals surface area (Å²) in [6.07, 6.45) is 3.62. The van der Waals surface area contributed by atoms with Crippen molar-refractivity contribution in [1.82, 2.24) is 37.9 Å². The average Bonchev–Trinajstić information content (AvgIpc) is 3.70. The second-order valence-electron chi connectivity index (χ2n) is 16.5. The van der Waals surface area contributed by atoms with E-state index in [1.165, 1.54) is 0 Å². The highest BCUT2D eigenvalue weighted by molar-refractivity contribution is 5.93. The van der Waals surface area contributed by atoms with Gasteiger partial charge < -0.3 is 4.74 Å². The topological polar surface area (TPSA) is 114 Å². The van der Waals surface area contributed by atoms with Crippen LogP contribution >= 0.6 is 0 Å². The molecule has 11 nitrogen and oxygen atoms in total. The Hall–Kier alpha value is -7.14. The number of pyridine rings is 2. The summed E-state index contributed by atoms with van der Waals surface area (Å²) in [7, 11) is 0. The molecule has 0 N–H and O–H groups in total. The molecule has 6 aromatic heterocycles. The molecule has 280 valence electrons. The van der Waals surface area contributed by atoms with Gasteiger partial charge in [-0.3, -0.25) is 27.5 Å². The molecule has 4 aromatic carbocycles. The predicted molar refractivity (Wildman–Crippen MR) is 225 cm³/mol. The van der Waals surface area contributed by atoms with Crippen LogP contribution in [0.2, 0.25) is 0 Å². The number of hydrogen-bond acceptors (Lipinski definition) is 7. The van der Waals surface area contributed by atoms with Gasteiger partial charge in [-0.1, -0.05) is 77.9 Å². The number of rotatable bonds is 4.